The highest BCUT2D eigenvalue weighted by molar-refractivity contribution is 7.80. The number of hydrogen-bond donors (Lipinski definition) is 3. The van der Waals surface area contributed by atoms with Crippen molar-refractivity contribution in [1.29, 1.82) is 0 Å². The zero-order valence-corrected chi connectivity index (χ0v) is 16.4. The number of para-hydroxylation sites is 1. The molecule has 2 aromatic carbocycles. The molecular weight excluding hydrogens is 381 g/mol. The van der Waals surface area contributed by atoms with Crippen LogP contribution in [0.4, 0.5) is 10.1 Å². The largest absolute Gasteiger partial charge is 0.497 e. The van der Waals surface area contributed by atoms with Crippen molar-refractivity contribution < 1.29 is 18.7 Å². The lowest BCUT2D eigenvalue weighted by Gasteiger charge is -2.31. The topological polar surface area (TPSA) is 71.6 Å². The Kier molecular flexibility index (Phi) is 5.79. The van der Waals surface area contributed by atoms with Crippen LogP contribution >= 0.6 is 12.2 Å². The Hall–Kier alpha value is -3.13. The molecule has 8 heteroatoms. The summed E-state index contributed by atoms with van der Waals surface area (Å²) in [7, 11) is 3.09. The third kappa shape index (κ3) is 3.91. The Morgan fingerprint density at radius 2 is 1.93 bits per heavy atom. The number of ether oxygens (including phenoxy) is 2. The number of hydrogen-bond acceptors (Lipinski definition) is 4. The maximum atomic E-state index is 14.0. The molecule has 146 valence electrons. The van der Waals surface area contributed by atoms with E-state index in [0.717, 1.165) is 0 Å². The van der Waals surface area contributed by atoms with Crippen molar-refractivity contribution in [2.75, 3.05) is 19.5 Å². The van der Waals surface area contributed by atoms with Gasteiger partial charge in [0.2, 0.25) is 0 Å². The number of anilines is 1. The summed E-state index contributed by atoms with van der Waals surface area (Å²) in [5.41, 5.74) is 1.74. The van der Waals surface area contributed by atoms with Gasteiger partial charge >= 0.3 is 0 Å². The van der Waals surface area contributed by atoms with Crippen molar-refractivity contribution in [3.05, 3.63) is 65.1 Å². The molecule has 1 amide bonds. The van der Waals surface area contributed by atoms with Gasteiger partial charge in [0.1, 0.15) is 17.3 Å². The van der Waals surface area contributed by atoms with Crippen molar-refractivity contribution in [3.63, 3.8) is 0 Å². The van der Waals surface area contributed by atoms with E-state index in [-0.39, 0.29) is 5.69 Å². The maximum absolute atomic E-state index is 14.0. The average Bonchev–Trinajstić information content (AvgIpc) is 2.68. The predicted molar refractivity (Wildman–Crippen MR) is 109 cm³/mol. The van der Waals surface area contributed by atoms with Crippen LogP contribution in [0.5, 0.6) is 11.5 Å². The molecule has 0 fully saturated rings. The van der Waals surface area contributed by atoms with E-state index in [2.05, 4.69) is 16.0 Å². The van der Waals surface area contributed by atoms with Crippen LogP contribution in [-0.2, 0) is 4.79 Å². The molecule has 0 saturated carbocycles. The predicted octanol–water partition coefficient (Wildman–Crippen LogP) is 3.27. The van der Waals surface area contributed by atoms with Gasteiger partial charge in [-0.1, -0.05) is 12.1 Å². The lowest BCUT2D eigenvalue weighted by molar-refractivity contribution is -0.113. The van der Waals surface area contributed by atoms with Gasteiger partial charge < -0.3 is 25.4 Å². The molecule has 6 nitrogen and oxygen atoms in total. The molecule has 0 bridgehead atoms. The number of allylic oxidation sites excluding steroid dienone is 1. The molecule has 28 heavy (non-hydrogen) atoms. The van der Waals surface area contributed by atoms with Crippen LogP contribution in [0.1, 0.15) is 18.5 Å². The summed E-state index contributed by atoms with van der Waals surface area (Å²) in [6.07, 6.45) is 0. The molecule has 3 rings (SSSR count). The Morgan fingerprint density at radius 1 is 1.18 bits per heavy atom. The molecule has 1 aliphatic heterocycles. The molecule has 1 aliphatic rings. The van der Waals surface area contributed by atoms with Crippen molar-refractivity contribution in [1.82, 2.24) is 10.6 Å². The molecule has 2 aromatic rings. The second kappa shape index (κ2) is 8.26. The van der Waals surface area contributed by atoms with E-state index in [1.165, 1.54) is 19.2 Å². The third-order valence-corrected chi connectivity index (χ3v) is 4.61. The van der Waals surface area contributed by atoms with E-state index in [0.29, 0.717) is 33.4 Å². The highest BCUT2D eigenvalue weighted by atomic mass is 32.1. The second-order valence-electron chi connectivity index (χ2n) is 6.11. The molecule has 1 heterocycles. The Labute approximate surface area is 167 Å². The summed E-state index contributed by atoms with van der Waals surface area (Å²) >= 11 is 5.26. The van der Waals surface area contributed by atoms with Crippen molar-refractivity contribution >= 4 is 28.9 Å². The third-order valence-electron chi connectivity index (χ3n) is 4.39. The fourth-order valence-corrected chi connectivity index (χ4v) is 3.31. The van der Waals surface area contributed by atoms with Gasteiger partial charge in [-0.3, -0.25) is 4.79 Å². The molecule has 0 aromatic heterocycles. The van der Waals surface area contributed by atoms with Gasteiger partial charge in [-0.05, 0) is 43.4 Å². The van der Waals surface area contributed by atoms with Crippen LogP contribution in [0, 0.1) is 5.82 Å². The van der Waals surface area contributed by atoms with Gasteiger partial charge in [0, 0.05) is 17.3 Å². The van der Waals surface area contributed by atoms with Crippen molar-refractivity contribution in [2.45, 2.75) is 13.0 Å². The smallest absolute Gasteiger partial charge is 0.255 e. The molecule has 3 N–H and O–H groups in total. The number of thiocarbonyl (C=S) groups is 1. The zero-order chi connectivity index (χ0) is 20.3. The molecule has 0 saturated heterocycles. The van der Waals surface area contributed by atoms with Crippen LogP contribution in [0.15, 0.2) is 53.7 Å². The molecule has 0 radical (unpaired) electrons. The van der Waals surface area contributed by atoms with Gasteiger partial charge in [0.25, 0.3) is 5.91 Å². The highest BCUT2D eigenvalue weighted by Crippen LogP contribution is 2.35. The number of benzene rings is 2. The van der Waals surface area contributed by atoms with Gasteiger partial charge in [-0.25, -0.2) is 4.39 Å². The molecule has 0 aliphatic carbocycles. The van der Waals surface area contributed by atoms with Crippen LogP contribution < -0.4 is 25.4 Å². The van der Waals surface area contributed by atoms with E-state index >= 15 is 0 Å². The van der Waals surface area contributed by atoms with Crippen LogP contribution in [0.3, 0.4) is 0 Å². The van der Waals surface area contributed by atoms with Gasteiger partial charge in [-0.15, -0.1) is 0 Å². The second-order valence-corrected chi connectivity index (χ2v) is 6.52. The fourth-order valence-electron chi connectivity index (χ4n) is 3.04. The van der Waals surface area contributed by atoms with Crippen molar-refractivity contribution in [3.8, 4) is 11.5 Å². The Morgan fingerprint density at radius 3 is 2.61 bits per heavy atom. The first-order valence-electron chi connectivity index (χ1n) is 8.50. The summed E-state index contributed by atoms with van der Waals surface area (Å²) in [6.45, 7) is 1.74. The summed E-state index contributed by atoms with van der Waals surface area (Å²) in [6, 6.07) is 10.7. The number of rotatable bonds is 5. The summed E-state index contributed by atoms with van der Waals surface area (Å²) in [5, 5.41) is 9.05. The molecular formula is C20H20FN3O3S. The first-order valence-corrected chi connectivity index (χ1v) is 8.91. The standard InChI is InChI=1S/C20H20FN3O3S/c1-11-17(19(25)23-15-7-5-4-6-14(15)21)18(24-20(28)22-11)13-9-8-12(26-2)10-16(13)27-3/h4-10,18H,1-3H3,(H,23,25)(H2,22,24,28)/t18-/m0/s1. The Bertz CT molecular complexity index is 961. The van der Waals surface area contributed by atoms with E-state index < -0.39 is 17.8 Å². The van der Waals surface area contributed by atoms with E-state index in [4.69, 9.17) is 21.7 Å². The van der Waals surface area contributed by atoms with Gasteiger partial charge in [0.05, 0.1) is 31.5 Å². The summed E-state index contributed by atoms with van der Waals surface area (Å²) in [5.74, 6) is 0.189. The van der Waals surface area contributed by atoms with Gasteiger partial charge in [-0.2, -0.15) is 0 Å². The molecule has 0 unspecified atom stereocenters. The van der Waals surface area contributed by atoms with Gasteiger partial charge in [0.15, 0.2) is 5.11 Å². The van der Waals surface area contributed by atoms with Crippen LogP contribution in [0.2, 0.25) is 0 Å². The zero-order valence-electron chi connectivity index (χ0n) is 15.6. The van der Waals surface area contributed by atoms with E-state index in [1.54, 1.807) is 44.4 Å². The minimum Gasteiger partial charge on any atom is -0.497 e. The first-order chi connectivity index (χ1) is 13.4. The maximum Gasteiger partial charge on any atom is 0.255 e. The van der Waals surface area contributed by atoms with Crippen molar-refractivity contribution in [2.24, 2.45) is 0 Å². The number of carbonyl (C=O) groups excluding carboxylic acids is 1. The quantitative estimate of drug-likeness (QED) is 0.668. The van der Waals surface area contributed by atoms with E-state index in [9.17, 15) is 9.18 Å². The average molecular weight is 401 g/mol. The normalized spacial score (nSPS) is 16.1. The van der Waals surface area contributed by atoms with E-state index in [1.807, 2.05) is 0 Å². The number of halogens is 1. The van der Waals surface area contributed by atoms with Crippen LogP contribution in [0.25, 0.3) is 0 Å². The molecule has 0 spiro atoms. The first kappa shape index (κ1) is 19.6. The number of amides is 1. The minimum absolute atomic E-state index is 0.0985. The number of carbonyl (C=O) groups is 1. The highest BCUT2D eigenvalue weighted by Gasteiger charge is 2.32. The van der Waals surface area contributed by atoms with Crippen LogP contribution in [-0.4, -0.2) is 25.2 Å². The SMILES string of the molecule is COc1ccc([C@@H]2NC(=S)NC(C)=C2C(=O)Nc2ccccc2F)c(OC)c1. The number of nitrogens with one attached hydrogen (secondary N) is 3. The minimum atomic E-state index is -0.582. The molecule has 1 atom stereocenters. The summed E-state index contributed by atoms with van der Waals surface area (Å²) < 4.78 is 24.7. The number of methoxy groups -OCH3 is 2. The summed E-state index contributed by atoms with van der Waals surface area (Å²) in [4.78, 5) is 13.0. The fraction of sp³-hybridized carbons (Fsp3) is 0.200. The lowest BCUT2D eigenvalue weighted by Crippen LogP contribution is -2.45. The lowest BCUT2D eigenvalue weighted by atomic mass is 9.94. The monoisotopic (exact) mass is 401 g/mol. The Balaban J connectivity index is 2.02.